The first-order valence-corrected chi connectivity index (χ1v) is 6.57. The summed E-state index contributed by atoms with van der Waals surface area (Å²) in [6.07, 6.45) is 1.75. The third-order valence-corrected chi connectivity index (χ3v) is 2.97. The first-order valence-electron chi connectivity index (χ1n) is 5.40. The van der Waals surface area contributed by atoms with Crippen LogP contribution in [0.2, 0.25) is 5.02 Å². The second-order valence-electron chi connectivity index (χ2n) is 4.36. The maximum atomic E-state index is 6.04. The van der Waals surface area contributed by atoms with Crippen molar-refractivity contribution >= 4 is 27.5 Å². The van der Waals surface area contributed by atoms with Crippen LogP contribution >= 0.6 is 27.5 Å². The minimum absolute atomic E-state index is 0.548. The molecule has 0 saturated heterocycles. The van der Waals surface area contributed by atoms with Crippen LogP contribution in [0.15, 0.2) is 29.0 Å². The van der Waals surface area contributed by atoms with E-state index in [0.717, 1.165) is 22.4 Å². The molecule has 0 unspecified atom stereocenters. The molecule has 17 heavy (non-hydrogen) atoms. The quantitative estimate of drug-likeness (QED) is 0.857. The summed E-state index contributed by atoms with van der Waals surface area (Å²) >= 11 is 9.47. The molecule has 0 aliphatic carbocycles. The van der Waals surface area contributed by atoms with Gasteiger partial charge in [-0.05, 0) is 24.1 Å². The highest BCUT2D eigenvalue weighted by Crippen LogP contribution is 2.26. The number of aromatic nitrogens is 3. The molecule has 0 saturated carbocycles. The molecule has 0 fully saturated rings. The second-order valence-corrected chi connectivity index (χ2v) is 5.71. The molecular formula is C12H13BrClN3. The molecular weight excluding hydrogens is 302 g/mol. The normalized spacial score (nSPS) is 11.1. The van der Waals surface area contributed by atoms with E-state index in [1.807, 2.05) is 22.8 Å². The van der Waals surface area contributed by atoms with Crippen LogP contribution < -0.4 is 0 Å². The van der Waals surface area contributed by atoms with Crippen LogP contribution in [-0.4, -0.2) is 14.8 Å². The highest BCUT2D eigenvalue weighted by atomic mass is 79.9. The molecule has 2 aromatic rings. The van der Waals surface area contributed by atoms with Gasteiger partial charge in [-0.15, -0.1) is 10.2 Å². The zero-order chi connectivity index (χ0) is 12.4. The molecule has 3 nitrogen and oxygen atoms in total. The number of rotatable bonds is 3. The Balaban J connectivity index is 2.42. The summed E-state index contributed by atoms with van der Waals surface area (Å²) < 4.78 is 2.99. The van der Waals surface area contributed by atoms with Gasteiger partial charge in [0, 0.05) is 21.6 Å². The molecule has 0 radical (unpaired) electrons. The standard InChI is InChI=1S/C12H13BrClN3/c1-8(2)6-17-7-15-16-12(17)9-3-10(13)5-11(14)4-9/h3-5,7-8H,6H2,1-2H3. The first-order chi connectivity index (χ1) is 8.06. The van der Waals surface area contributed by atoms with Gasteiger partial charge in [0.25, 0.3) is 0 Å². The number of hydrogen-bond donors (Lipinski definition) is 0. The topological polar surface area (TPSA) is 30.7 Å². The van der Waals surface area contributed by atoms with E-state index in [-0.39, 0.29) is 0 Å². The van der Waals surface area contributed by atoms with Gasteiger partial charge in [-0.2, -0.15) is 0 Å². The van der Waals surface area contributed by atoms with Crippen LogP contribution in [0, 0.1) is 5.92 Å². The minimum Gasteiger partial charge on any atom is -0.313 e. The van der Waals surface area contributed by atoms with E-state index >= 15 is 0 Å². The Kier molecular flexibility index (Phi) is 3.84. The van der Waals surface area contributed by atoms with E-state index in [9.17, 15) is 0 Å². The van der Waals surface area contributed by atoms with Crippen molar-refractivity contribution in [1.82, 2.24) is 14.8 Å². The van der Waals surface area contributed by atoms with Gasteiger partial charge in [-0.25, -0.2) is 0 Å². The smallest absolute Gasteiger partial charge is 0.163 e. The van der Waals surface area contributed by atoms with E-state index in [1.165, 1.54) is 0 Å². The van der Waals surface area contributed by atoms with Gasteiger partial charge in [0.05, 0.1) is 0 Å². The van der Waals surface area contributed by atoms with E-state index in [0.29, 0.717) is 10.9 Å². The van der Waals surface area contributed by atoms with Gasteiger partial charge in [0.15, 0.2) is 5.82 Å². The Hall–Kier alpha value is -0.870. The molecule has 0 aliphatic rings. The minimum atomic E-state index is 0.548. The van der Waals surface area contributed by atoms with Gasteiger partial charge in [-0.1, -0.05) is 41.4 Å². The van der Waals surface area contributed by atoms with Gasteiger partial charge >= 0.3 is 0 Å². The Bertz CT molecular complexity index is 502. The number of benzene rings is 1. The molecule has 2 rings (SSSR count). The maximum Gasteiger partial charge on any atom is 0.163 e. The lowest BCUT2D eigenvalue weighted by molar-refractivity contribution is 0.525. The van der Waals surface area contributed by atoms with Gasteiger partial charge in [0.1, 0.15) is 6.33 Å². The van der Waals surface area contributed by atoms with Crippen molar-refractivity contribution in [2.45, 2.75) is 20.4 Å². The van der Waals surface area contributed by atoms with Crippen LogP contribution in [0.1, 0.15) is 13.8 Å². The lowest BCUT2D eigenvalue weighted by Gasteiger charge is -2.09. The predicted molar refractivity (Wildman–Crippen MR) is 73.0 cm³/mol. The van der Waals surface area contributed by atoms with E-state index < -0.39 is 0 Å². The van der Waals surface area contributed by atoms with Crippen LogP contribution in [0.4, 0.5) is 0 Å². The number of nitrogens with zero attached hydrogens (tertiary/aromatic N) is 3. The molecule has 0 bridgehead atoms. The molecule has 0 atom stereocenters. The van der Waals surface area contributed by atoms with Crippen LogP contribution in [0.25, 0.3) is 11.4 Å². The van der Waals surface area contributed by atoms with E-state index in [4.69, 9.17) is 11.6 Å². The van der Waals surface area contributed by atoms with E-state index in [2.05, 4.69) is 40.0 Å². The summed E-state index contributed by atoms with van der Waals surface area (Å²) in [5.41, 5.74) is 0.975. The summed E-state index contributed by atoms with van der Waals surface area (Å²) in [6, 6.07) is 5.74. The van der Waals surface area contributed by atoms with Crippen molar-refractivity contribution < 1.29 is 0 Å². The molecule has 0 amide bonds. The summed E-state index contributed by atoms with van der Waals surface area (Å²) in [6.45, 7) is 5.22. The molecule has 1 aromatic carbocycles. The largest absolute Gasteiger partial charge is 0.313 e. The molecule has 1 heterocycles. The molecule has 0 aliphatic heterocycles. The third-order valence-electron chi connectivity index (χ3n) is 2.30. The zero-order valence-corrected chi connectivity index (χ0v) is 12.0. The number of halogens is 2. The number of hydrogen-bond acceptors (Lipinski definition) is 2. The molecule has 0 N–H and O–H groups in total. The first kappa shape index (κ1) is 12.6. The summed E-state index contributed by atoms with van der Waals surface area (Å²) in [4.78, 5) is 0. The van der Waals surface area contributed by atoms with Crippen molar-refractivity contribution in [1.29, 1.82) is 0 Å². The average molecular weight is 315 g/mol. The summed E-state index contributed by atoms with van der Waals surface area (Å²) in [7, 11) is 0. The Morgan fingerprint density at radius 2 is 2.12 bits per heavy atom. The van der Waals surface area contributed by atoms with Gasteiger partial charge in [-0.3, -0.25) is 0 Å². The van der Waals surface area contributed by atoms with Gasteiger partial charge < -0.3 is 4.57 Å². The maximum absolute atomic E-state index is 6.04. The van der Waals surface area contributed by atoms with Crippen LogP contribution in [0.3, 0.4) is 0 Å². The lowest BCUT2D eigenvalue weighted by atomic mass is 10.2. The Morgan fingerprint density at radius 3 is 2.76 bits per heavy atom. The van der Waals surface area contributed by atoms with Crippen LogP contribution in [-0.2, 0) is 6.54 Å². The van der Waals surface area contributed by atoms with Crippen molar-refractivity contribution in [2.75, 3.05) is 0 Å². The Morgan fingerprint density at radius 1 is 1.35 bits per heavy atom. The summed E-state index contributed by atoms with van der Waals surface area (Å²) in [5, 5.41) is 8.81. The Labute approximate surface area is 114 Å². The molecule has 0 spiro atoms. The molecule has 5 heteroatoms. The lowest BCUT2D eigenvalue weighted by Crippen LogP contribution is -2.05. The summed E-state index contributed by atoms with van der Waals surface area (Å²) in [5.74, 6) is 1.40. The third kappa shape index (κ3) is 3.07. The van der Waals surface area contributed by atoms with Crippen molar-refractivity contribution in [2.24, 2.45) is 5.92 Å². The van der Waals surface area contributed by atoms with E-state index in [1.54, 1.807) is 6.33 Å². The highest BCUT2D eigenvalue weighted by molar-refractivity contribution is 9.10. The fourth-order valence-electron chi connectivity index (χ4n) is 1.69. The predicted octanol–water partition coefficient (Wildman–Crippen LogP) is 4.02. The monoisotopic (exact) mass is 313 g/mol. The average Bonchev–Trinajstić information content (AvgIpc) is 2.63. The second kappa shape index (κ2) is 5.19. The van der Waals surface area contributed by atoms with Crippen molar-refractivity contribution in [3.05, 3.63) is 34.0 Å². The SMILES string of the molecule is CC(C)Cn1cnnc1-c1cc(Cl)cc(Br)c1. The fourth-order valence-corrected chi connectivity index (χ4v) is 2.55. The molecule has 1 aromatic heterocycles. The zero-order valence-electron chi connectivity index (χ0n) is 9.69. The highest BCUT2D eigenvalue weighted by Gasteiger charge is 2.09. The molecule has 90 valence electrons. The van der Waals surface area contributed by atoms with Crippen molar-refractivity contribution in [3.8, 4) is 11.4 Å². The van der Waals surface area contributed by atoms with Crippen LogP contribution in [0.5, 0.6) is 0 Å². The fraction of sp³-hybridized carbons (Fsp3) is 0.333. The van der Waals surface area contributed by atoms with Gasteiger partial charge in [0.2, 0.25) is 0 Å². The van der Waals surface area contributed by atoms with Crippen molar-refractivity contribution in [3.63, 3.8) is 0 Å².